The number of hydrogen-bond donors (Lipinski definition) is 0. The van der Waals surface area contributed by atoms with Gasteiger partial charge >= 0.3 is 0 Å². The molecular formula is C18H20O3. The van der Waals surface area contributed by atoms with Crippen LogP contribution in [0.3, 0.4) is 0 Å². The van der Waals surface area contributed by atoms with Gasteiger partial charge in [0.15, 0.2) is 0 Å². The minimum absolute atomic E-state index is 0.0701. The fraction of sp³-hybridized carbons (Fsp3) is 0.278. The molecule has 0 bridgehead atoms. The van der Waals surface area contributed by atoms with Crippen LogP contribution in [0.2, 0.25) is 0 Å². The van der Waals surface area contributed by atoms with Crippen LogP contribution in [0.1, 0.15) is 32.6 Å². The number of hydrogen-bond acceptors (Lipinski definition) is 3. The molecule has 0 aliphatic rings. The third kappa shape index (κ3) is 2.77. The van der Waals surface area contributed by atoms with Crippen LogP contribution in [0.25, 0.3) is 0 Å². The molecule has 2 aromatic rings. The van der Waals surface area contributed by atoms with E-state index in [1.807, 2.05) is 39.0 Å². The molecule has 0 spiro atoms. The quantitative estimate of drug-likeness (QED) is 0.800. The fourth-order valence-electron chi connectivity index (χ4n) is 2.74. The number of carbonyl (C=O) groups is 1. The summed E-state index contributed by atoms with van der Waals surface area (Å²) in [5.41, 5.74) is 4.26. The van der Waals surface area contributed by atoms with Crippen LogP contribution in [0, 0.1) is 20.8 Å². The van der Waals surface area contributed by atoms with Crippen molar-refractivity contribution in [2.45, 2.75) is 20.8 Å². The van der Waals surface area contributed by atoms with Crippen LogP contribution < -0.4 is 9.47 Å². The Bertz CT molecular complexity index is 642. The third-order valence-corrected chi connectivity index (χ3v) is 3.56. The second-order valence-corrected chi connectivity index (χ2v) is 5.14. The van der Waals surface area contributed by atoms with Gasteiger partial charge in [-0.25, -0.2) is 0 Å². The van der Waals surface area contributed by atoms with Crippen molar-refractivity contribution < 1.29 is 14.3 Å². The molecule has 0 unspecified atom stereocenters. The summed E-state index contributed by atoms with van der Waals surface area (Å²) in [5.74, 6) is 0.983. The number of ketones is 1. The lowest BCUT2D eigenvalue weighted by atomic mass is 9.92. The first-order valence-corrected chi connectivity index (χ1v) is 6.83. The van der Waals surface area contributed by atoms with Crippen molar-refractivity contribution in [1.29, 1.82) is 0 Å². The maximum absolute atomic E-state index is 13.0. The van der Waals surface area contributed by atoms with Crippen LogP contribution in [0.5, 0.6) is 11.5 Å². The lowest BCUT2D eigenvalue weighted by molar-refractivity contribution is 0.103. The highest BCUT2D eigenvalue weighted by Gasteiger charge is 2.22. The monoisotopic (exact) mass is 284 g/mol. The van der Waals surface area contributed by atoms with Crippen molar-refractivity contribution in [3.05, 3.63) is 58.1 Å². The second-order valence-electron chi connectivity index (χ2n) is 5.14. The minimum Gasteiger partial charge on any atom is -0.496 e. The Morgan fingerprint density at radius 3 is 1.76 bits per heavy atom. The zero-order valence-corrected chi connectivity index (χ0v) is 13.1. The Kier molecular flexibility index (Phi) is 4.32. The number of methoxy groups -OCH3 is 2. The van der Waals surface area contributed by atoms with E-state index in [9.17, 15) is 4.79 Å². The van der Waals surface area contributed by atoms with E-state index in [0.29, 0.717) is 22.6 Å². The number of benzene rings is 2. The average molecular weight is 284 g/mol. The van der Waals surface area contributed by atoms with Crippen LogP contribution in [-0.2, 0) is 0 Å². The van der Waals surface area contributed by atoms with Crippen molar-refractivity contribution in [3.63, 3.8) is 0 Å². The molecule has 0 radical (unpaired) electrons. The van der Waals surface area contributed by atoms with Gasteiger partial charge in [-0.15, -0.1) is 0 Å². The molecule has 0 fully saturated rings. The predicted molar refractivity (Wildman–Crippen MR) is 83.6 cm³/mol. The van der Waals surface area contributed by atoms with Crippen LogP contribution in [0.15, 0.2) is 30.3 Å². The zero-order chi connectivity index (χ0) is 15.6. The van der Waals surface area contributed by atoms with E-state index >= 15 is 0 Å². The molecular weight excluding hydrogens is 264 g/mol. The van der Waals surface area contributed by atoms with Crippen molar-refractivity contribution in [3.8, 4) is 11.5 Å². The van der Waals surface area contributed by atoms with Crippen LogP contribution >= 0.6 is 0 Å². The predicted octanol–water partition coefficient (Wildman–Crippen LogP) is 3.86. The first-order valence-electron chi connectivity index (χ1n) is 6.83. The molecule has 0 heterocycles. The number of carbonyl (C=O) groups excluding carboxylic acids is 1. The molecule has 0 N–H and O–H groups in total. The number of rotatable bonds is 4. The van der Waals surface area contributed by atoms with Gasteiger partial charge in [0.25, 0.3) is 0 Å². The highest BCUT2D eigenvalue weighted by atomic mass is 16.5. The Morgan fingerprint density at radius 1 is 0.857 bits per heavy atom. The minimum atomic E-state index is -0.0701. The van der Waals surface area contributed by atoms with E-state index < -0.39 is 0 Å². The summed E-state index contributed by atoms with van der Waals surface area (Å²) in [6, 6.07) is 9.39. The van der Waals surface area contributed by atoms with E-state index in [1.54, 1.807) is 26.4 Å². The number of aryl methyl sites for hydroxylation is 3. The topological polar surface area (TPSA) is 35.5 Å². The van der Waals surface area contributed by atoms with Crippen molar-refractivity contribution in [2.24, 2.45) is 0 Å². The van der Waals surface area contributed by atoms with Crippen molar-refractivity contribution >= 4 is 5.78 Å². The average Bonchev–Trinajstić information content (AvgIpc) is 2.44. The van der Waals surface area contributed by atoms with Gasteiger partial charge < -0.3 is 9.47 Å². The van der Waals surface area contributed by atoms with Gasteiger partial charge in [0.2, 0.25) is 5.78 Å². The molecule has 0 aliphatic carbocycles. The fourth-order valence-corrected chi connectivity index (χ4v) is 2.74. The first-order chi connectivity index (χ1) is 9.99. The molecule has 21 heavy (non-hydrogen) atoms. The Morgan fingerprint density at radius 2 is 1.33 bits per heavy atom. The number of ether oxygens (including phenoxy) is 2. The maximum atomic E-state index is 13.0. The molecule has 0 amide bonds. The van der Waals surface area contributed by atoms with Crippen LogP contribution in [0.4, 0.5) is 0 Å². The van der Waals surface area contributed by atoms with E-state index in [-0.39, 0.29) is 5.78 Å². The molecule has 110 valence electrons. The van der Waals surface area contributed by atoms with Crippen molar-refractivity contribution in [1.82, 2.24) is 0 Å². The highest BCUT2D eigenvalue weighted by molar-refractivity contribution is 6.14. The largest absolute Gasteiger partial charge is 0.496 e. The second kappa shape index (κ2) is 6.00. The van der Waals surface area contributed by atoms with Gasteiger partial charge in [0, 0.05) is 5.56 Å². The Balaban J connectivity index is 2.66. The summed E-state index contributed by atoms with van der Waals surface area (Å²) in [6.07, 6.45) is 0. The Hall–Kier alpha value is -2.29. The summed E-state index contributed by atoms with van der Waals surface area (Å²) >= 11 is 0. The van der Waals surface area contributed by atoms with E-state index in [0.717, 1.165) is 16.7 Å². The summed E-state index contributed by atoms with van der Waals surface area (Å²) in [4.78, 5) is 13.0. The van der Waals surface area contributed by atoms with Gasteiger partial charge in [0.05, 0.1) is 14.2 Å². The van der Waals surface area contributed by atoms with Gasteiger partial charge in [-0.05, 0) is 44.0 Å². The highest BCUT2D eigenvalue weighted by Crippen LogP contribution is 2.32. The Labute approximate surface area is 125 Å². The molecule has 0 aliphatic heterocycles. The summed E-state index contributed by atoms with van der Waals surface area (Å²) in [5, 5.41) is 0. The lowest BCUT2D eigenvalue weighted by Crippen LogP contribution is -2.10. The van der Waals surface area contributed by atoms with Gasteiger partial charge in [-0.1, -0.05) is 23.8 Å². The molecule has 2 aromatic carbocycles. The summed E-state index contributed by atoms with van der Waals surface area (Å²) in [6.45, 7) is 5.93. The van der Waals surface area contributed by atoms with Gasteiger partial charge in [0.1, 0.15) is 17.1 Å². The van der Waals surface area contributed by atoms with Crippen LogP contribution in [-0.4, -0.2) is 20.0 Å². The standard InChI is InChI=1S/C18H20O3/c1-11-9-12(2)16(13(3)10-11)18(19)17-14(20-4)7-6-8-15(17)21-5/h6-10H,1-5H3. The normalized spacial score (nSPS) is 10.3. The lowest BCUT2D eigenvalue weighted by Gasteiger charge is -2.15. The van der Waals surface area contributed by atoms with Gasteiger partial charge in [-0.3, -0.25) is 4.79 Å². The molecule has 3 nitrogen and oxygen atoms in total. The molecule has 0 aromatic heterocycles. The third-order valence-electron chi connectivity index (χ3n) is 3.56. The molecule has 0 saturated heterocycles. The van der Waals surface area contributed by atoms with Crippen molar-refractivity contribution in [2.75, 3.05) is 14.2 Å². The molecule has 3 heteroatoms. The smallest absolute Gasteiger partial charge is 0.201 e. The summed E-state index contributed by atoms with van der Waals surface area (Å²) in [7, 11) is 3.11. The molecule has 2 rings (SSSR count). The molecule has 0 saturated carbocycles. The van der Waals surface area contributed by atoms with Gasteiger partial charge in [-0.2, -0.15) is 0 Å². The van der Waals surface area contributed by atoms with E-state index in [1.165, 1.54) is 0 Å². The SMILES string of the molecule is COc1cccc(OC)c1C(=O)c1c(C)cc(C)cc1C. The zero-order valence-electron chi connectivity index (χ0n) is 13.1. The summed E-state index contributed by atoms with van der Waals surface area (Å²) < 4.78 is 10.7. The van der Waals surface area contributed by atoms with E-state index in [4.69, 9.17) is 9.47 Å². The van der Waals surface area contributed by atoms with E-state index in [2.05, 4.69) is 0 Å². The molecule has 0 atom stereocenters. The first kappa shape index (κ1) is 15.1. The maximum Gasteiger partial charge on any atom is 0.201 e.